The molecule has 1 aromatic carbocycles. The van der Waals surface area contributed by atoms with Gasteiger partial charge in [0.15, 0.2) is 5.96 Å². The fourth-order valence-corrected chi connectivity index (χ4v) is 2.27. The summed E-state index contributed by atoms with van der Waals surface area (Å²) in [5.41, 5.74) is 2.48. The SMILES string of the molecule is CN=C(NCc1cnn(C)c1)NCC(C)(C)c1ccccc1. The van der Waals surface area contributed by atoms with E-state index < -0.39 is 0 Å². The molecule has 2 rings (SSSR count). The zero-order valence-corrected chi connectivity index (χ0v) is 13.8. The quantitative estimate of drug-likeness (QED) is 0.656. The van der Waals surface area contributed by atoms with E-state index in [9.17, 15) is 0 Å². The van der Waals surface area contributed by atoms with E-state index in [0.29, 0.717) is 6.54 Å². The van der Waals surface area contributed by atoms with Gasteiger partial charge in [-0.2, -0.15) is 5.10 Å². The topological polar surface area (TPSA) is 54.2 Å². The van der Waals surface area contributed by atoms with Gasteiger partial charge in [-0.3, -0.25) is 9.67 Å². The summed E-state index contributed by atoms with van der Waals surface area (Å²) in [5, 5.41) is 10.9. The summed E-state index contributed by atoms with van der Waals surface area (Å²) in [5.74, 6) is 0.799. The fourth-order valence-electron chi connectivity index (χ4n) is 2.27. The van der Waals surface area contributed by atoms with Crippen molar-refractivity contribution in [1.82, 2.24) is 20.4 Å². The van der Waals surface area contributed by atoms with Crippen LogP contribution in [0, 0.1) is 0 Å². The van der Waals surface area contributed by atoms with Gasteiger partial charge in [0, 0.05) is 44.4 Å². The number of hydrogen-bond acceptors (Lipinski definition) is 2. The van der Waals surface area contributed by atoms with Crippen LogP contribution in [0.15, 0.2) is 47.7 Å². The number of aryl methyl sites for hydroxylation is 1. The molecule has 5 heteroatoms. The van der Waals surface area contributed by atoms with Gasteiger partial charge >= 0.3 is 0 Å². The Balaban J connectivity index is 1.88. The van der Waals surface area contributed by atoms with Crippen LogP contribution in [0.3, 0.4) is 0 Å². The Labute approximate surface area is 132 Å². The first kappa shape index (κ1) is 16.1. The maximum atomic E-state index is 4.27. The molecule has 0 bridgehead atoms. The van der Waals surface area contributed by atoms with E-state index in [1.165, 1.54) is 5.56 Å². The highest BCUT2D eigenvalue weighted by Crippen LogP contribution is 2.21. The molecule has 118 valence electrons. The second-order valence-corrected chi connectivity index (χ2v) is 6.05. The first-order valence-corrected chi connectivity index (χ1v) is 7.49. The predicted octanol–water partition coefficient (Wildman–Crippen LogP) is 2.06. The maximum Gasteiger partial charge on any atom is 0.191 e. The van der Waals surface area contributed by atoms with Gasteiger partial charge in [0.1, 0.15) is 0 Å². The number of hydrogen-bond donors (Lipinski definition) is 2. The second-order valence-electron chi connectivity index (χ2n) is 6.05. The van der Waals surface area contributed by atoms with Gasteiger partial charge in [-0.25, -0.2) is 0 Å². The summed E-state index contributed by atoms with van der Waals surface area (Å²) < 4.78 is 1.80. The van der Waals surface area contributed by atoms with Crippen molar-refractivity contribution >= 4 is 5.96 Å². The van der Waals surface area contributed by atoms with Gasteiger partial charge in [0.25, 0.3) is 0 Å². The summed E-state index contributed by atoms with van der Waals surface area (Å²) in [4.78, 5) is 4.27. The number of nitrogens with one attached hydrogen (secondary N) is 2. The van der Waals surface area contributed by atoms with Crippen LogP contribution in [0.2, 0.25) is 0 Å². The number of aromatic nitrogens is 2. The Morgan fingerprint density at radius 1 is 1.23 bits per heavy atom. The summed E-state index contributed by atoms with van der Waals surface area (Å²) in [6.45, 7) is 5.97. The molecule has 2 aromatic rings. The third kappa shape index (κ3) is 4.35. The van der Waals surface area contributed by atoms with Crippen molar-refractivity contribution < 1.29 is 0 Å². The van der Waals surface area contributed by atoms with Crippen molar-refractivity contribution in [2.75, 3.05) is 13.6 Å². The molecule has 0 aliphatic carbocycles. The molecule has 0 atom stereocenters. The zero-order valence-electron chi connectivity index (χ0n) is 13.8. The Bertz CT molecular complexity index is 613. The van der Waals surface area contributed by atoms with Gasteiger partial charge in [0.2, 0.25) is 0 Å². The standard InChI is InChI=1S/C17H25N5/c1-17(2,15-8-6-5-7-9-15)13-20-16(18-3)19-10-14-11-21-22(4)12-14/h5-9,11-12H,10,13H2,1-4H3,(H2,18,19,20). The molecule has 0 unspecified atom stereocenters. The van der Waals surface area contributed by atoms with E-state index in [2.05, 4.69) is 58.8 Å². The average molecular weight is 299 g/mol. The molecule has 0 saturated carbocycles. The van der Waals surface area contributed by atoms with Crippen molar-refractivity contribution in [3.05, 3.63) is 53.9 Å². The molecule has 0 amide bonds. The van der Waals surface area contributed by atoms with E-state index in [4.69, 9.17) is 0 Å². The second kappa shape index (κ2) is 7.11. The lowest BCUT2D eigenvalue weighted by atomic mass is 9.85. The maximum absolute atomic E-state index is 4.27. The zero-order chi connectivity index (χ0) is 16.0. The van der Waals surface area contributed by atoms with E-state index in [1.807, 2.05) is 25.5 Å². The molecule has 0 saturated heterocycles. The molecule has 2 N–H and O–H groups in total. The first-order chi connectivity index (χ1) is 10.5. The molecule has 1 heterocycles. The van der Waals surface area contributed by atoms with Gasteiger partial charge in [-0.15, -0.1) is 0 Å². The van der Waals surface area contributed by atoms with Crippen LogP contribution in [0.25, 0.3) is 0 Å². The fraction of sp³-hybridized carbons (Fsp3) is 0.412. The number of rotatable bonds is 5. The van der Waals surface area contributed by atoms with Crippen molar-refractivity contribution in [2.24, 2.45) is 12.0 Å². The molecule has 22 heavy (non-hydrogen) atoms. The van der Waals surface area contributed by atoms with Crippen LogP contribution in [0.5, 0.6) is 0 Å². The summed E-state index contributed by atoms with van der Waals surface area (Å²) >= 11 is 0. The molecule has 0 fully saturated rings. The molecular formula is C17H25N5. The van der Waals surface area contributed by atoms with Crippen molar-refractivity contribution in [3.8, 4) is 0 Å². The Morgan fingerprint density at radius 3 is 2.55 bits per heavy atom. The Hall–Kier alpha value is -2.30. The van der Waals surface area contributed by atoms with E-state index in [1.54, 1.807) is 11.7 Å². The predicted molar refractivity (Wildman–Crippen MR) is 90.9 cm³/mol. The van der Waals surface area contributed by atoms with Crippen molar-refractivity contribution in [3.63, 3.8) is 0 Å². The third-order valence-corrected chi connectivity index (χ3v) is 3.69. The lowest BCUT2D eigenvalue weighted by Crippen LogP contribution is -2.43. The van der Waals surface area contributed by atoms with Crippen molar-refractivity contribution in [2.45, 2.75) is 25.8 Å². The smallest absolute Gasteiger partial charge is 0.191 e. The van der Waals surface area contributed by atoms with Gasteiger partial charge < -0.3 is 10.6 Å². The number of guanidine groups is 1. The van der Waals surface area contributed by atoms with Crippen molar-refractivity contribution in [1.29, 1.82) is 0 Å². The first-order valence-electron chi connectivity index (χ1n) is 7.49. The Kier molecular flexibility index (Phi) is 5.20. The van der Waals surface area contributed by atoms with E-state index in [0.717, 1.165) is 18.1 Å². The highest BCUT2D eigenvalue weighted by Gasteiger charge is 2.20. The van der Waals surface area contributed by atoms with E-state index >= 15 is 0 Å². The van der Waals surface area contributed by atoms with Crippen LogP contribution >= 0.6 is 0 Å². The molecule has 5 nitrogen and oxygen atoms in total. The normalized spacial score (nSPS) is 12.3. The number of nitrogens with zero attached hydrogens (tertiary/aromatic N) is 3. The number of aliphatic imine (C=N–C) groups is 1. The van der Waals surface area contributed by atoms with Crippen LogP contribution in [-0.2, 0) is 19.0 Å². The van der Waals surface area contributed by atoms with Crippen LogP contribution < -0.4 is 10.6 Å². The minimum Gasteiger partial charge on any atom is -0.356 e. The van der Waals surface area contributed by atoms with Gasteiger partial charge in [-0.05, 0) is 5.56 Å². The lowest BCUT2D eigenvalue weighted by Gasteiger charge is -2.26. The summed E-state index contributed by atoms with van der Waals surface area (Å²) in [6.07, 6.45) is 3.85. The highest BCUT2D eigenvalue weighted by molar-refractivity contribution is 5.79. The summed E-state index contributed by atoms with van der Waals surface area (Å²) in [6, 6.07) is 10.5. The molecule has 1 aromatic heterocycles. The monoisotopic (exact) mass is 299 g/mol. The van der Waals surface area contributed by atoms with Crippen LogP contribution in [-0.4, -0.2) is 29.3 Å². The third-order valence-electron chi connectivity index (χ3n) is 3.69. The minimum absolute atomic E-state index is 0.0349. The summed E-state index contributed by atoms with van der Waals surface area (Å²) in [7, 11) is 3.70. The Morgan fingerprint density at radius 2 is 1.95 bits per heavy atom. The molecule has 0 radical (unpaired) electrons. The lowest BCUT2D eigenvalue weighted by molar-refractivity contribution is 0.508. The largest absolute Gasteiger partial charge is 0.356 e. The molecule has 0 spiro atoms. The minimum atomic E-state index is 0.0349. The van der Waals surface area contributed by atoms with Crippen LogP contribution in [0.4, 0.5) is 0 Å². The highest BCUT2D eigenvalue weighted by atomic mass is 15.2. The van der Waals surface area contributed by atoms with E-state index in [-0.39, 0.29) is 5.41 Å². The average Bonchev–Trinajstić information content (AvgIpc) is 2.94. The van der Waals surface area contributed by atoms with Gasteiger partial charge in [0.05, 0.1) is 6.20 Å². The number of benzene rings is 1. The van der Waals surface area contributed by atoms with Crippen LogP contribution in [0.1, 0.15) is 25.0 Å². The molecule has 0 aliphatic heterocycles. The molecular weight excluding hydrogens is 274 g/mol. The molecule has 0 aliphatic rings. The van der Waals surface area contributed by atoms with Gasteiger partial charge in [-0.1, -0.05) is 44.2 Å².